The molecule has 4 nitrogen and oxygen atoms in total. The monoisotopic (exact) mass is 194 g/mol. The summed E-state index contributed by atoms with van der Waals surface area (Å²) in [6.07, 6.45) is -0.752. The molecule has 3 N–H and O–H groups in total. The van der Waals surface area contributed by atoms with Crippen LogP contribution in [0.2, 0.25) is 0 Å². The van der Waals surface area contributed by atoms with Crippen molar-refractivity contribution >= 4 is 11.7 Å². The molecule has 1 rings (SSSR count). The second kappa shape index (κ2) is 4.62. The molecule has 0 aliphatic rings. The molecule has 0 saturated carbocycles. The Morgan fingerprint density at radius 1 is 1.36 bits per heavy atom. The van der Waals surface area contributed by atoms with Crippen LogP contribution in [0, 0.1) is 6.92 Å². The molecule has 4 heteroatoms. The number of carboxylic acid groups (broad SMARTS) is 1. The molecule has 0 heterocycles. The van der Waals surface area contributed by atoms with Crippen molar-refractivity contribution in [1.82, 2.24) is 5.32 Å². The normalized spacial score (nSPS) is 12.1. The van der Waals surface area contributed by atoms with E-state index in [2.05, 4.69) is 10.6 Å². The van der Waals surface area contributed by atoms with E-state index in [0.29, 0.717) is 0 Å². The summed E-state index contributed by atoms with van der Waals surface area (Å²) in [5.74, 6) is -0.923. The highest BCUT2D eigenvalue weighted by Crippen LogP contribution is 2.09. The standard InChI is InChI=1S/C10H14N2O2/c1-7-3-5-8(6-4-7)12-9(11-2)10(13)14/h3-6,9,11-12H,1-2H3,(H,13,14). The minimum atomic E-state index is -0.923. The Bertz CT molecular complexity index is 308. The van der Waals surface area contributed by atoms with Gasteiger partial charge in [0, 0.05) is 5.69 Å². The Morgan fingerprint density at radius 3 is 2.36 bits per heavy atom. The lowest BCUT2D eigenvalue weighted by atomic mass is 10.2. The largest absolute Gasteiger partial charge is 0.479 e. The molecule has 0 radical (unpaired) electrons. The van der Waals surface area contributed by atoms with Crippen LogP contribution in [-0.4, -0.2) is 24.3 Å². The smallest absolute Gasteiger partial charge is 0.341 e. The van der Waals surface area contributed by atoms with Crippen LogP contribution in [-0.2, 0) is 4.79 Å². The van der Waals surface area contributed by atoms with E-state index in [9.17, 15) is 4.79 Å². The number of aryl methyl sites for hydroxylation is 1. The van der Waals surface area contributed by atoms with Crippen molar-refractivity contribution < 1.29 is 9.90 Å². The van der Waals surface area contributed by atoms with Gasteiger partial charge in [0.25, 0.3) is 0 Å². The zero-order valence-electron chi connectivity index (χ0n) is 8.24. The van der Waals surface area contributed by atoms with Crippen LogP contribution < -0.4 is 10.6 Å². The molecule has 14 heavy (non-hydrogen) atoms. The molecule has 0 fully saturated rings. The highest BCUT2D eigenvalue weighted by molar-refractivity contribution is 5.76. The topological polar surface area (TPSA) is 61.4 Å². The summed E-state index contributed by atoms with van der Waals surface area (Å²) in [7, 11) is 1.60. The van der Waals surface area contributed by atoms with Gasteiger partial charge in [-0.15, -0.1) is 0 Å². The molecule has 0 aliphatic heterocycles. The van der Waals surface area contributed by atoms with Gasteiger partial charge in [0.15, 0.2) is 6.17 Å². The first-order chi connectivity index (χ1) is 6.63. The second-order valence-electron chi connectivity index (χ2n) is 3.07. The van der Waals surface area contributed by atoms with Gasteiger partial charge in [0.05, 0.1) is 0 Å². The SMILES string of the molecule is CNC(Nc1ccc(C)cc1)C(=O)O. The van der Waals surface area contributed by atoms with Crippen LogP contribution >= 0.6 is 0 Å². The van der Waals surface area contributed by atoms with Crippen LogP contribution in [0.15, 0.2) is 24.3 Å². The summed E-state index contributed by atoms with van der Waals surface area (Å²) < 4.78 is 0. The first-order valence-corrected chi connectivity index (χ1v) is 4.37. The molecule has 0 bridgehead atoms. The number of benzene rings is 1. The molecule has 1 aromatic rings. The fourth-order valence-electron chi connectivity index (χ4n) is 1.07. The molecule has 1 unspecified atom stereocenters. The van der Waals surface area contributed by atoms with Gasteiger partial charge in [0.1, 0.15) is 0 Å². The van der Waals surface area contributed by atoms with E-state index >= 15 is 0 Å². The lowest BCUT2D eigenvalue weighted by Crippen LogP contribution is -2.40. The van der Waals surface area contributed by atoms with Crippen LogP contribution in [0.3, 0.4) is 0 Å². The van der Waals surface area contributed by atoms with Gasteiger partial charge >= 0.3 is 5.97 Å². The summed E-state index contributed by atoms with van der Waals surface area (Å²) in [5.41, 5.74) is 1.93. The minimum absolute atomic E-state index is 0.752. The lowest BCUT2D eigenvalue weighted by molar-refractivity contribution is -0.138. The quantitative estimate of drug-likeness (QED) is 0.627. The zero-order chi connectivity index (χ0) is 10.6. The number of likely N-dealkylation sites (N-methyl/N-ethyl adjacent to an activating group) is 1. The molecule has 0 aliphatic carbocycles. The van der Waals surface area contributed by atoms with Crippen molar-refractivity contribution in [3.63, 3.8) is 0 Å². The van der Waals surface area contributed by atoms with Gasteiger partial charge in [-0.3, -0.25) is 5.32 Å². The highest BCUT2D eigenvalue weighted by Gasteiger charge is 2.13. The number of anilines is 1. The third kappa shape index (κ3) is 2.74. The van der Waals surface area contributed by atoms with E-state index in [4.69, 9.17) is 5.11 Å². The van der Waals surface area contributed by atoms with Crippen LogP contribution in [0.4, 0.5) is 5.69 Å². The van der Waals surface area contributed by atoms with Crippen molar-refractivity contribution in [3.8, 4) is 0 Å². The highest BCUT2D eigenvalue weighted by atomic mass is 16.4. The van der Waals surface area contributed by atoms with E-state index in [1.807, 2.05) is 31.2 Å². The van der Waals surface area contributed by atoms with Gasteiger partial charge in [-0.05, 0) is 26.1 Å². The Kier molecular flexibility index (Phi) is 3.48. The number of nitrogens with one attached hydrogen (secondary N) is 2. The summed E-state index contributed by atoms with van der Waals surface area (Å²) in [6.45, 7) is 1.98. The molecule has 1 atom stereocenters. The fourth-order valence-corrected chi connectivity index (χ4v) is 1.07. The number of hydrogen-bond acceptors (Lipinski definition) is 3. The average Bonchev–Trinajstić information content (AvgIpc) is 2.16. The van der Waals surface area contributed by atoms with Crippen LogP contribution in [0.1, 0.15) is 5.56 Å². The Morgan fingerprint density at radius 2 is 1.93 bits per heavy atom. The van der Waals surface area contributed by atoms with Crippen LogP contribution in [0.5, 0.6) is 0 Å². The maximum absolute atomic E-state index is 10.7. The Hall–Kier alpha value is -1.55. The van der Waals surface area contributed by atoms with Crippen molar-refractivity contribution in [1.29, 1.82) is 0 Å². The van der Waals surface area contributed by atoms with Gasteiger partial charge in [0.2, 0.25) is 0 Å². The van der Waals surface area contributed by atoms with Crippen molar-refractivity contribution in [2.24, 2.45) is 0 Å². The fraction of sp³-hybridized carbons (Fsp3) is 0.300. The maximum atomic E-state index is 10.7. The predicted molar refractivity (Wildman–Crippen MR) is 55.3 cm³/mol. The number of hydrogen-bond donors (Lipinski definition) is 3. The lowest BCUT2D eigenvalue weighted by Gasteiger charge is -2.14. The zero-order valence-corrected chi connectivity index (χ0v) is 8.24. The Balaban J connectivity index is 2.67. The summed E-state index contributed by atoms with van der Waals surface area (Å²) in [4.78, 5) is 10.7. The van der Waals surface area contributed by atoms with E-state index in [-0.39, 0.29) is 0 Å². The van der Waals surface area contributed by atoms with Crippen molar-refractivity contribution in [2.75, 3.05) is 12.4 Å². The number of rotatable bonds is 4. The Labute approximate surface area is 82.9 Å². The average molecular weight is 194 g/mol. The first-order valence-electron chi connectivity index (χ1n) is 4.37. The number of aliphatic carboxylic acids is 1. The first kappa shape index (κ1) is 10.5. The maximum Gasteiger partial charge on any atom is 0.341 e. The molecular formula is C10H14N2O2. The molecule has 0 amide bonds. The van der Waals surface area contributed by atoms with Crippen molar-refractivity contribution in [2.45, 2.75) is 13.1 Å². The molecule has 0 aromatic heterocycles. The third-order valence-electron chi connectivity index (χ3n) is 1.90. The van der Waals surface area contributed by atoms with Gasteiger partial charge in [-0.25, -0.2) is 4.79 Å². The number of carbonyl (C=O) groups is 1. The van der Waals surface area contributed by atoms with Crippen LogP contribution in [0.25, 0.3) is 0 Å². The van der Waals surface area contributed by atoms with E-state index in [1.165, 1.54) is 0 Å². The van der Waals surface area contributed by atoms with E-state index in [1.54, 1.807) is 7.05 Å². The third-order valence-corrected chi connectivity index (χ3v) is 1.90. The summed E-state index contributed by atoms with van der Waals surface area (Å²) in [6, 6.07) is 7.55. The van der Waals surface area contributed by atoms with E-state index < -0.39 is 12.1 Å². The molecule has 76 valence electrons. The van der Waals surface area contributed by atoms with Gasteiger partial charge in [-0.1, -0.05) is 17.7 Å². The molecule has 1 aromatic carbocycles. The van der Waals surface area contributed by atoms with Gasteiger partial charge < -0.3 is 10.4 Å². The minimum Gasteiger partial charge on any atom is -0.479 e. The molecule has 0 saturated heterocycles. The van der Waals surface area contributed by atoms with E-state index in [0.717, 1.165) is 11.3 Å². The second-order valence-corrected chi connectivity index (χ2v) is 3.07. The van der Waals surface area contributed by atoms with Crippen molar-refractivity contribution in [3.05, 3.63) is 29.8 Å². The number of carboxylic acids is 1. The predicted octanol–water partition coefficient (Wildman–Crippen LogP) is 1.04. The summed E-state index contributed by atoms with van der Waals surface area (Å²) in [5, 5.41) is 14.3. The molecule has 0 spiro atoms. The summed E-state index contributed by atoms with van der Waals surface area (Å²) >= 11 is 0. The molecular weight excluding hydrogens is 180 g/mol. The van der Waals surface area contributed by atoms with Gasteiger partial charge in [-0.2, -0.15) is 0 Å².